The molecule has 2 amide bonds. The van der Waals surface area contributed by atoms with Crippen LogP contribution in [0.15, 0.2) is 48.5 Å². The fourth-order valence-electron chi connectivity index (χ4n) is 10.1. The van der Waals surface area contributed by atoms with Gasteiger partial charge in [0.25, 0.3) is 12.9 Å². The Kier molecular flexibility index (Phi) is 37.2. The highest BCUT2D eigenvalue weighted by molar-refractivity contribution is 9.19. The van der Waals surface area contributed by atoms with Crippen molar-refractivity contribution in [2.24, 2.45) is 17.6 Å². The zero-order valence-electron chi connectivity index (χ0n) is 46.1. The lowest BCUT2D eigenvalue weighted by atomic mass is 9.97. The molecule has 0 aliphatic carbocycles. The Morgan fingerprint density at radius 2 is 0.863 bits per heavy atom. The Morgan fingerprint density at radius 3 is 1.18 bits per heavy atom. The Labute approximate surface area is 506 Å². The minimum Gasteiger partial charge on any atom is -0.480 e. The summed E-state index contributed by atoms with van der Waals surface area (Å²) in [5.41, 5.74) is 14.6. The van der Waals surface area contributed by atoms with Crippen LogP contribution in [0.5, 0.6) is 0 Å². The highest BCUT2D eigenvalue weighted by Crippen LogP contribution is 2.20. The number of ether oxygens (including phenoxy) is 2. The number of aliphatic carboxylic acids is 2. The molecule has 6 rings (SSSR count). The minimum absolute atomic E-state index is 0.0162. The van der Waals surface area contributed by atoms with Gasteiger partial charge in [0.1, 0.15) is 13.5 Å². The van der Waals surface area contributed by atoms with Gasteiger partial charge in [0.2, 0.25) is 16.5 Å². The van der Waals surface area contributed by atoms with Gasteiger partial charge in [0.15, 0.2) is 0 Å². The second-order valence-electron chi connectivity index (χ2n) is 20.3. The Morgan fingerprint density at radius 1 is 0.525 bits per heavy atom. The van der Waals surface area contributed by atoms with E-state index in [1.54, 1.807) is 0 Å². The van der Waals surface area contributed by atoms with Crippen LogP contribution in [0.4, 0.5) is 11.4 Å². The van der Waals surface area contributed by atoms with Gasteiger partial charge >= 0.3 is 11.9 Å². The SMILES string of the molecule is NC(=O)CBr.Nc1ccc(CC2CN3CCCN(CC(=O)O)CCN(CCCN(COC=O)CC3)C2)cc1.O=C(Br)CBr.O=COCN1CCCN2CCN(CC(=O)O)CCCN(CC1)CC(Cc1ccc(NC(=O)CBr)cc1)C2. The average molecular weight is 1380 g/mol. The van der Waals surface area contributed by atoms with E-state index in [-0.39, 0.29) is 40.3 Å². The summed E-state index contributed by atoms with van der Waals surface area (Å²) >= 11 is 11.6. The molecule has 26 heteroatoms. The van der Waals surface area contributed by atoms with E-state index in [0.717, 1.165) is 181 Å². The summed E-state index contributed by atoms with van der Waals surface area (Å²) in [6, 6.07) is 16.3. The molecular formula is C54H85Br4N11O11. The number of primary amides is 1. The molecule has 0 radical (unpaired) electrons. The van der Waals surface area contributed by atoms with Crippen molar-refractivity contribution in [3.63, 3.8) is 0 Å². The van der Waals surface area contributed by atoms with Crippen molar-refractivity contribution in [2.45, 2.75) is 38.5 Å². The molecule has 4 aliphatic rings. The number of alkyl halides is 3. The molecule has 2 aromatic carbocycles. The number of hydrogen-bond acceptors (Lipinski definition) is 18. The maximum atomic E-state index is 11.7. The third-order valence-corrected chi connectivity index (χ3v) is 16.4. The van der Waals surface area contributed by atoms with E-state index in [0.29, 0.717) is 43.6 Å². The number of carboxylic acids is 2. The lowest BCUT2D eigenvalue weighted by Gasteiger charge is -2.31. The largest absolute Gasteiger partial charge is 0.480 e. The number of nitrogen functional groups attached to an aromatic ring is 1. The quantitative estimate of drug-likeness (QED) is 0.0621. The van der Waals surface area contributed by atoms with Gasteiger partial charge < -0.3 is 56.1 Å². The lowest BCUT2D eigenvalue weighted by molar-refractivity contribution is -0.139. The molecule has 4 fully saturated rings. The van der Waals surface area contributed by atoms with Crippen molar-refractivity contribution in [2.75, 3.05) is 184 Å². The number of carbonyl (C=O) groups is 7. The predicted molar refractivity (Wildman–Crippen MR) is 324 cm³/mol. The first kappa shape index (κ1) is 70.6. The van der Waals surface area contributed by atoms with Crippen LogP contribution >= 0.6 is 63.7 Å². The van der Waals surface area contributed by atoms with E-state index in [1.165, 1.54) is 11.1 Å². The molecule has 7 N–H and O–H groups in total. The summed E-state index contributed by atoms with van der Waals surface area (Å²) in [7, 11) is 0. The number of benzene rings is 2. The van der Waals surface area contributed by atoms with E-state index in [2.05, 4.69) is 138 Å². The van der Waals surface area contributed by atoms with Crippen molar-refractivity contribution in [1.29, 1.82) is 0 Å². The number of rotatable bonds is 18. The molecule has 4 heterocycles. The molecule has 4 aliphatic heterocycles. The number of anilines is 2. The van der Waals surface area contributed by atoms with E-state index < -0.39 is 11.9 Å². The second-order valence-corrected chi connectivity index (χ2v) is 22.9. The summed E-state index contributed by atoms with van der Waals surface area (Å²) in [6.45, 7) is 19.3. The minimum atomic E-state index is -0.779. The fraction of sp³-hybridized carbons (Fsp3) is 0.648. The number of carboxylic acid groups (broad SMARTS) is 2. The van der Waals surface area contributed by atoms with E-state index in [1.807, 2.05) is 24.3 Å². The number of fused-ring (bicyclic) bond motifs is 8. The first-order valence-corrected chi connectivity index (χ1v) is 31.4. The molecule has 22 nitrogen and oxygen atoms in total. The van der Waals surface area contributed by atoms with Gasteiger partial charge in [-0.15, -0.1) is 0 Å². The maximum absolute atomic E-state index is 11.7. The molecule has 0 saturated carbocycles. The van der Waals surface area contributed by atoms with Crippen molar-refractivity contribution < 1.29 is 53.2 Å². The van der Waals surface area contributed by atoms with E-state index in [9.17, 15) is 43.8 Å². The van der Waals surface area contributed by atoms with Crippen LogP contribution in [0.3, 0.4) is 0 Å². The number of nitrogens with zero attached hydrogens (tertiary/aromatic N) is 8. The van der Waals surface area contributed by atoms with Crippen LogP contribution in [0.25, 0.3) is 0 Å². The van der Waals surface area contributed by atoms with Crippen LogP contribution in [0, 0.1) is 11.8 Å². The molecule has 450 valence electrons. The van der Waals surface area contributed by atoms with Crippen molar-refractivity contribution >= 4 is 116 Å². The monoisotopic (exact) mass is 1380 g/mol. The van der Waals surface area contributed by atoms with Gasteiger partial charge in [-0.25, -0.2) is 0 Å². The summed E-state index contributed by atoms with van der Waals surface area (Å²) in [5.74, 6) is -1.06. The fourth-order valence-corrected chi connectivity index (χ4v) is 10.3. The van der Waals surface area contributed by atoms with E-state index in [4.69, 9.17) is 15.2 Å². The molecule has 2 aromatic rings. The first-order valence-electron chi connectivity index (χ1n) is 27.2. The zero-order valence-corrected chi connectivity index (χ0v) is 52.4. The third kappa shape index (κ3) is 32.8. The summed E-state index contributed by atoms with van der Waals surface area (Å²) < 4.78 is 10.1. The van der Waals surface area contributed by atoms with Gasteiger partial charge in [0, 0.05) is 116 Å². The Balaban J connectivity index is 0.000000360. The zero-order chi connectivity index (χ0) is 58.5. The van der Waals surface area contributed by atoms with Crippen molar-refractivity contribution in [3.05, 3.63) is 59.7 Å². The van der Waals surface area contributed by atoms with Gasteiger partial charge in [-0.2, -0.15) is 0 Å². The second kappa shape index (κ2) is 42.2. The molecule has 0 spiro atoms. The lowest BCUT2D eigenvalue weighted by Crippen LogP contribution is -2.41. The number of nitrogens with one attached hydrogen (secondary N) is 1. The molecule has 4 bridgehead atoms. The molecule has 0 aromatic heterocycles. The third-order valence-electron chi connectivity index (χ3n) is 13.8. The Bertz CT molecular complexity index is 2100. The number of carbonyl (C=O) groups excluding carboxylic acids is 5. The van der Waals surface area contributed by atoms with Gasteiger partial charge in [-0.3, -0.25) is 53.2 Å². The first-order chi connectivity index (χ1) is 38.5. The summed E-state index contributed by atoms with van der Waals surface area (Å²) in [4.78, 5) is 93.6. The standard InChI is InChI=1S/C26H40BrN5O5.C24H39N5O4.C2H2Br2O.C2H4BrNO/c27-16-25(34)28-24-5-3-22(4-6-24)15-23-17-29-8-2-10-32(20-37-21-33)14-13-30(18-23)7-1-9-31(12-11-29)19-26(35)36;25-23-5-3-21(4-6-23)15-22-16-26-8-2-10-29(19-33-20-30)14-13-27(17-22)7-1-9-28(12-11-26)18-24(31)32;2*3-1-2(4)5/h3-6,21,23H,1-2,7-20H2,(H,28,34)(H,35,36);3-6,20,22H,1-2,7-19,25H2,(H,31,32);1H2;1H2,(H2,4,5). The maximum Gasteiger partial charge on any atom is 0.317 e. The molecular weight excluding hydrogens is 1300 g/mol. The summed E-state index contributed by atoms with van der Waals surface area (Å²) in [5, 5.41) is 22.5. The van der Waals surface area contributed by atoms with Gasteiger partial charge in [-0.05, 0) is 128 Å². The number of amides is 2. The molecule has 80 heavy (non-hydrogen) atoms. The van der Waals surface area contributed by atoms with Crippen molar-refractivity contribution in [3.8, 4) is 0 Å². The molecule has 6 atom stereocenters. The summed E-state index contributed by atoms with van der Waals surface area (Å²) in [6.07, 6.45) is 5.70. The predicted octanol–water partition coefficient (Wildman–Crippen LogP) is 3.24. The number of nitrogens with two attached hydrogens (primary N) is 2. The number of halogens is 4. The van der Waals surface area contributed by atoms with Gasteiger partial charge in [-0.1, -0.05) is 72.1 Å². The van der Waals surface area contributed by atoms with Crippen LogP contribution in [0.1, 0.15) is 36.8 Å². The highest BCUT2D eigenvalue weighted by atomic mass is 79.9. The number of hydrogen-bond donors (Lipinski definition) is 5. The molecule has 4 saturated heterocycles. The van der Waals surface area contributed by atoms with Crippen LogP contribution in [-0.4, -0.2) is 264 Å². The van der Waals surface area contributed by atoms with Crippen LogP contribution < -0.4 is 16.8 Å². The van der Waals surface area contributed by atoms with Crippen LogP contribution in [-0.2, 0) is 55.9 Å². The molecule has 6 unspecified atom stereocenters. The van der Waals surface area contributed by atoms with Gasteiger partial charge in [0.05, 0.1) is 29.1 Å². The topological polar surface area (TPSA) is 268 Å². The van der Waals surface area contributed by atoms with E-state index >= 15 is 0 Å². The normalized spacial score (nSPS) is 23.1. The highest BCUT2D eigenvalue weighted by Gasteiger charge is 2.26. The van der Waals surface area contributed by atoms with Crippen LogP contribution in [0.2, 0.25) is 0 Å². The van der Waals surface area contributed by atoms with Crippen molar-refractivity contribution in [1.82, 2.24) is 39.2 Å². The Hall–Kier alpha value is -3.67. The smallest absolute Gasteiger partial charge is 0.317 e. The average Bonchev–Trinajstić information content (AvgIpc) is 3.53.